The van der Waals surface area contributed by atoms with Crippen LogP contribution in [0.25, 0.3) is 0 Å². The summed E-state index contributed by atoms with van der Waals surface area (Å²) < 4.78 is 54.8. The Balaban J connectivity index is 4.37. The summed E-state index contributed by atoms with van der Waals surface area (Å²) in [4.78, 5) is 9.74. The number of carbonyl (C=O) groups is 1. The first-order valence-electron chi connectivity index (χ1n) is 2.67. The molecule has 72 valence electrons. The molecular weight excluding hydrogens is 201 g/mol. The average molecular weight is 206 g/mol. The highest BCUT2D eigenvalue weighted by Crippen LogP contribution is 2.24. The molecule has 0 atom stereocenters. The molecule has 0 aliphatic heterocycles. The fourth-order valence-electron chi connectivity index (χ4n) is 0.337. The Bertz CT molecular complexity index is 265. The normalized spacial score (nSPS) is 12.9. The number of sulfone groups is 1. The maximum Gasteiger partial charge on any atom is 0.497 e. The van der Waals surface area contributed by atoms with Crippen LogP contribution in [0.15, 0.2) is 0 Å². The summed E-state index contributed by atoms with van der Waals surface area (Å²) in [6, 6.07) is 0. The zero-order valence-electron chi connectivity index (χ0n) is 5.63. The molecule has 0 heterocycles. The molecule has 0 saturated heterocycles. The molecular formula is C4H5F3O4S. The summed E-state index contributed by atoms with van der Waals surface area (Å²) in [5.41, 5.74) is -5.36. The maximum atomic E-state index is 11.5. The third-order valence-electron chi connectivity index (χ3n) is 0.937. The predicted molar refractivity (Wildman–Crippen MR) is 32.1 cm³/mol. The van der Waals surface area contributed by atoms with Crippen molar-refractivity contribution in [2.45, 2.75) is 11.9 Å². The van der Waals surface area contributed by atoms with Gasteiger partial charge in [0.1, 0.15) is 0 Å². The molecule has 0 fully saturated rings. The molecule has 0 rings (SSSR count). The Morgan fingerprint density at radius 3 is 2.00 bits per heavy atom. The Morgan fingerprint density at radius 2 is 1.75 bits per heavy atom. The van der Waals surface area contributed by atoms with Crippen LogP contribution in [0.4, 0.5) is 13.2 Å². The molecule has 0 spiro atoms. The highest BCUT2D eigenvalue weighted by molar-refractivity contribution is 7.92. The van der Waals surface area contributed by atoms with Crippen LogP contribution in [0.1, 0.15) is 6.42 Å². The number of carboxylic acid groups (broad SMARTS) is 1. The van der Waals surface area contributed by atoms with Crippen LogP contribution in [0, 0.1) is 0 Å². The lowest BCUT2D eigenvalue weighted by Gasteiger charge is -2.05. The van der Waals surface area contributed by atoms with Crippen LogP contribution in [-0.4, -0.2) is 30.8 Å². The van der Waals surface area contributed by atoms with Crippen molar-refractivity contribution in [2.75, 3.05) is 5.75 Å². The minimum absolute atomic E-state index is 1.04. The van der Waals surface area contributed by atoms with E-state index in [4.69, 9.17) is 5.11 Å². The van der Waals surface area contributed by atoms with Crippen LogP contribution in [0.3, 0.4) is 0 Å². The second-order valence-corrected chi connectivity index (χ2v) is 4.01. The standard InChI is InChI=1S/C4H5F3O4S/c5-4(6,7)12(10,11)2-1-3(8)9/h1-2H2,(H,8,9). The van der Waals surface area contributed by atoms with Gasteiger partial charge in [-0.2, -0.15) is 13.2 Å². The second kappa shape index (κ2) is 3.30. The van der Waals surface area contributed by atoms with E-state index in [9.17, 15) is 26.4 Å². The monoisotopic (exact) mass is 206 g/mol. The topological polar surface area (TPSA) is 71.4 Å². The highest BCUT2D eigenvalue weighted by Gasteiger charge is 2.45. The number of alkyl halides is 3. The van der Waals surface area contributed by atoms with Gasteiger partial charge in [-0.15, -0.1) is 0 Å². The van der Waals surface area contributed by atoms with E-state index in [0.29, 0.717) is 0 Å². The van der Waals surface area contributed by atoms with Crippen LogP contribution in [0.5, 0.6) is 0 Å². The lowest BCUT2D eigenvalue weighted by Crippen LogP contribution is -2.27. The first kappa shape index (κ1) is 11.2. The quantitative estimate of drug-likeness (QED) is 0.725. The van der Waals surface area contributed by atoms with E-state index in [2.05, 4.69) is 0 Å². The van der Waals surface area contributed by atoms with Crippen molar-refractivity contribution in [3.05, 3.63) is 0 Å². The molecule has 0 aromatic heterocycles. The van der Waals surface area contributed by atoms with Crippen molar-refractivity contribution in [3.8, 4) is 0 Å². The van der Waals surface area contributed by atoms with E-state index in [1.165, 1.54) is 0 Å². The molecule has 0 aliphatic rings. The first-order valence-corrected chi connectivity index (χ1v) is 4.33. The van der Waals surface area contributed by atoms with E-state index in [0.717, 1.165) is 0 Å². The summed E-state index contributed by atoms with van der Waals surface area (Å²) in [7, 11) is -5.27. The van der Waals surface area contributed by atoms with E-state index in [1.807, 2.05) is 0 Å². The fourth-order valence-corrected chi connectivity index (χ4v) is 1.01. The largest absolute Gasteiger partial charge is 0.497 e. The lowest BCUT2D eigenvalue weighted by atomic mass is 10.5. The molecule has 0 radical (unpaired) electrons. The minimum Gasteiger partial charge on any atom is -0.481 e. The second-order valence-electron chi connectivity index (χ2n) is 1.91. The van der Waals surface area contributed by atoms with Gasteiger partial charge in [0.15, 0.2) is 0 Å². The van der Waals surface area contributed by atoms with E-state index >= 15 is 0 Å². The molecule has 4 nitrogen and oxygen atoms in total. The summed E-state index contributed by atoms with van der Waals surface area (Å²) in [6.07, 6.45) is -1.04. The molecule has 1 N–H and O–H groups in total. The molecule has 8 heteroatoms. The minimum atomic E-state index is -5.36. The van der Waals surface area contributed by atoms with Crippen LogP contribution in [0.2, 0.25) is 0 Å². The average Bonchev–Trinajstić information content (AvgIpc) is 1.81. The fraction of sp³-hybridized carbons (Fsp3) is 0.750. The molecule has 0 unspecified atom stereocenters. The summed E-state index contributed by atoms with van der Waals surface area (Å²) >= 11 is 0. The Kier molecular flexibility index (Phi) is 3.08. The zero-order valence-corrected chi connectivity index (χ0v) is 6.44. The van der Waals surface area contributed by atoms with Gasteiger partial charge in [-0.05, 0) is 0 Å². The molecule has 0 bridgehead atoms. The lowest BCUT2D eigenvalue weighted by molar-refractivity contribution is -0.136. The Hall–Kier alpha value is -0.790. The molecule has 0 amide bonds. The third kappa shape index (κ3) is 3.07. The summed E-state index contributed by atoms with van der Waals surface area (Å²) in [5, 5.41) is 7.91. The maximum absolute atomic E-state index is 11.5. The van der Waals surface area contributed by atoms with Gasteiger partial charge in [0.25, 0.3) is 0 Å². The summed E-state index contributed by atoms with van der Waals surface area (Å²) in [6.45, 7) is 0. The van der Waals surface area contributed by atoms with E-state index in [-0.39, 0.29) is 0 Å². The van der Waals surface area contributed by atoms with Gasteiger partial charge in [-0.1, -0.05) is 0 Å². The molecule has 0 aliphatic carbocycles. The molecule has 12 heavy (non-hydrogen) atoms. The van der Waals surface area contributed by atoms with Crippen LogP contribution < -0.4 is 0 Å². The number of hydrogen-bond donors (Lipinski definition) is 1. The number of hydrogen-bond acceptors (Lipinski definition) is 3. The Morgan fingerprint density at radius 1 is 1.33 bits per heavy atom. The summed E-state index contributed by atoms with van der Waals surface area (Å²) in [5.74, 6) is -2.99. The Labute approximate surface area is 65.9 Å². The van der Waals surface area contributed by atoms with Crippen LogP contribution >= 0.6 is 0 Å². The number of halogens is 3. The van der Waals surface area contributed by atoms with Gasteiger partial charge < -0.3 is 5.11 Å². The van der Waals surface area contributed by atoms with E-state index in [1.54, 1.807) is 0 Å². The third-order valence-corrected chi connectivity index (χ3v) is 2.38. The highest BCUT2D eigenvalue weighted by atomic mass is 32.2. The van der Waals surface area contributed by atoms with Crippen molar-refractivity contribution in [3.63, 3.8) is 0 Å². The van der Waals surface area contributed by atoms with Crippen molar-refractivity contribution >= 4 is 15.8 Å². The predicted octanol–water partition coefficient (Wildman–Crippen LogP) is 0.396. The SMILES string of the molecule is O=C(O)CCS(=O)(=O)C(F)(F)F. The van der Waals surface area contributed by atoms with Gasteiger partial charge in [0.05, 0.1) is 12.2 Å². The van der Waals surface area contributed by atoms with Gasteiger partial charge in [-0.3, -0.25) is 4.79 Å². The van der Waals surface area contributed by atoms with Gasteiger partial charge in [0, 0.05) is 0 Å². The number of rotatable bonds is 3. The van der Waals surface area contributed by atoms with Gasteiger partial charge >= 0.3 is 11.5 Å². The molecule has 0 saturated carbocycles. The van der Waals surface area contributed by atoms with Gasteiger partial charge in [-0.25, -0.2) is 8.42 Å². The number of aliphatic carboxylic acids is 1. The zero-order chi connectivity index (χ0) is 9.99. The first-order chi connectivity index (χ1) is 5.17. The van der Waals surface area contributed by atoms with E-state index < -0.39 is 33.5 Å². The van der Waals surface area contributed by atoms with Gasteiger partial charge in [0.2, 0.25) is 9.84 Å². The molecule has 0 aromatic rings. The smallest absolute Gasteiger partial charge is 0.481 e. The van der Waals surface area contributed by atoms with Crippen molar-refractivity contribution < 1.29 is 31.5 Å². The number of carboxylic acids is 1. The van der Waals surface area contributed by atoms with Crippen molar-refractivity contribution in [2.24, 2.45) is 0 Å². The molecule has 0 aromatic carbocycles. The van der Waals surface area contributed by atoms with Crippen molar-refractivity contribution in [1.29, 1.82) is 0 Å². The van der Waals surface area contributed by atoms with Crippen molar-refractivity contribution in [1.82, 2.24) is 0 Å². The van der Waals surface area contributed by atoms with Crippen LogP contribution in [-0.2, 0) is 14.6 Å².